The predicted octanol–water partition coefficient (Wildman–Crippen LogP) is 1.26. The van der Waals surface area contributed by atoms with Gasteiger partial charge in [-0.15, -0.1) is 11.3 Å². The Bertz CT molecular complexity index is 296. The molecule has 0 saturated carbocycles. The summed E-state index contributed by atoms with van der Waals surface area (Å²) in [6.45, 7) is 2.05. The van der Waals surface area contributed by atoms with Crippen molar-refractivity contribution in [3.05, 3.63) is 21.9 Å². The van der Waals surface area contributed by atoms with Crippen LogP contribution in [0.15, 0.2) is 11.4 Å². The largest absolute Gasteiger partial charge is 0.480 e. The van der Waals surface area contributed by atoms with Crippen molar-refractivity contribution in [1.82, 2.24) is 0 Å². The Morgan fingerprint density at radius 3 is 3.00 bits per heavy atom. The molecule has 4 heteroatoms. The maximum absolute atomic E-state index is 10.5. The number of aryl methyl sites for hydroxylation is 1. The van der Waals surface area contributed by atoms with Crippen molar-refractivity contribution >= 4 is 17.3 Å². The summed E-state index contributed by atoms with van der Waals surface area (Å²) in [6.07, 6.45) is 1.38. The van der Waals surface area contributed by atoms with Crippen LogP contribution in [0.4, 0.5) is 0 Å². The van der Waals surface area contributed by atoms with E-state index in [1.807, 2.05) is 11.4 Å². The third-order valence-electron chi connectivity index (χ3n) is 1.94. The van der Waals surface area contributed by atoms with Gasteiger partial charge in [0.25, 0.3) is 0 Å². The summed E-state index contributed by atoms with van der Waals surface area (Å²) in [5.41, 5.74) is 6.65. The molecule has 0 spiro atoms. The van der Waals surface area contributed by atoms with E-state index in [9.17, 15) is 4.79 Å². The molecule has 0 aliphatic carbocycles. The minimum atomic E-state index is -0.935. The predicted molar refractivity (Wildman–Crippen MR) is 53.0 cm³/mol. The van der Waals surface area contributed by atoms with Gasteiger partial charge >= 0.3 is 5.97 Å². The molecule has 1 rings (SSSR count). The van der Waals surface area contributed by atoms with E-state index in [1.54, 1.807) is 11.3 Å². The lowest BCUT2D eigenvalue weighted by atomic mass is 10.1. The van der Waals surface area contributed by atoms with Gasteiger partial charge in [0, 0.05) is 11.3 Å². The summed E-state index contributed by atoms with van der Waals surface area (Å²) in [5, 5.41) is 10.6. The van der Waals surface area contributed by atoms with Gasteiger partial charge in [0.1, 0.15) is 6.04 Å². The molecule has 1 unspecified atom stereocenters. The van der Waals surface area contributed by atoms with Crippen LogP contribution in [0.2, 0.25) is 0 Å². The molecule has 0 fully saturated rings. The van der Waals surface area contributed by atoms with Crippen molar-refractivity contribution in [2.24, 2.45) is 5.73 Å². The van der Waals surface area contributed by atoms with Crippen molar-refractivity contribution in [3.63, 3.8) is 0 Å². The highest BCUT2D eigenvalue weighted by molar-refractivity contribution is 7.10. The first-order valence-electron chi connectivity index (χ1n) is 4.18. The van der Waals surface area contributed by atoms with Gasteiger partial charge in [-0.2, -0.15) is 0 Å². The molecule has 0 saturated heterocycles. The van der Waals surface area contributed by atoms with Gasteiger partial charge in [-0.05, 0) is 23.4 Å². The molecule has 72 valence electrons. The highest BCUT2D eigenvalue weighted by Gasteiger charge is 2.14. The Kier molecular flexibility index (Phi) is 3.45. The van der Waals surface area contributed by atoms with Crippen molar-refractivity contribution < 1.29 is 9.90 Å². The van der Waals surface area contributed by atoms with Gasteiger partial charge in [0.05, 0.1) is 0 Å². The second-order valence-electron chi connectivity index (χ2n) is 2.87. The number of aliphatic carboxylic acids is 1. The van der Waals surface area contributed by atoms with E-state index in [0.29, 0.717) is 6.42 Å². The number of carbonyl (C=O) groups is 1. The van der Waals surface area contributed by atoms with Crippen molar-refractivity contribution in [1.29, 1.82) is 0 Å². The second kappa shape index (κ2) is 4.39. The van der Waals surface area contributed by atoms with Crippen LogP contribution in [0.1, 0.15) is 17.4 Å². The summed E-state index contributed by atoms with van der Waals surface area (Å²) in [7, 11) is 0. The Morgan fingerprint density at radius 1 is 1.77 bits per heavy atom. The average Bonchev–Trinajstić information content (AvgIpc) is 2.51. The van der Waals surface area contributed by atoms with Crippen molar-refractivity contribution in [2.75, 3.05) is 0 Å². The maximum Gasteiger partial charge on any atom is 0.320 e. The first-order valence-corrected chi connectivity index (χ1v) is 5.06. The quantitative estimate of drug-likeness (QED) is 0.767. The third kappa shape index (κ3) is 2.54. The van der Waals surface area contributed by atoms with E-state index in [0.717, 1.165) is 11.3 Å². The van der Waals surface area contributed by atoms with Crippen LogP contribution in [0, 0.1) is 0 Å². The van der Waals surface area contributed by atoms with Crippen LogP contribution >= 0.6 is 11.3 Å². The second-order valence-corrected chi connectivity index (χ2v) is 3.87. The van der Waals surface area contributed by atoms with E-state index in [-0.39, 0.29) is 0 Å². The Balaban J connectivity index is 2.68. The van der Waals surface area contributed by atoms with Crippen LogP contribution in [0.5, 0.6) is 0 Å². The monoisotopic (exact) mass is 199 g/mol. The molecule has 3 nitrogen and oxygen atoms in total. The van der Waals surface area contributed by atoms with Crippen LogP contribution in [-0.2, 0) is 17.6 Å². The molecule has 0 radical (unpaired) electrons. The zero-order valence-corrected chi connectivity index (χ0v) is 8.30. The molecule has 0 aliphatic heterocycles. The van der Waals surface area contributed by atoms with Crippen LogP contribution in [-0.4, -0.2) is 17.1 Å². The number of nitrogens with two attached hydrogens (primary N) is 1. The number of hydrogen-bond acceptors (Lipinski definition) is 3. The number of carboxylic acids is 1. The number of thiophene rings is 1. The fourth-order valence-corrected chi connectivity index (χ4v) is 2.18. The molecular formula is C9H13NO2S. The molecule has 0 amide bonds. The van der Waals surface area contributed by atoms with Gasteiger partial charge in [0.15, 0.2) is 0 Å². The zero-order chi connectivity index (χ0) is 9.84. The lowest BCUT2D eigenvalue weighted by Crippen LogP contribution is -2.32. The van der Waals surface area contributed by atoms with Crippen molar-refractivity contribution in [3.8, 4) is 0 Å². The van der Waals surface area contributed by atoms with Gasteiger partial charge in [-0.1, -0.05) is 6.92 Å². The normalized spacial score (nSPS) is 12.8. The molecular weight excluding hydrogens is 186 g/mol. The minimum Gasteiger partial charge on any atom is -0.480 e. The molecule has 0 aromatic carbocycles. The lowest BCUT2D eigenvalue weighted by molar-refractivity contribution is -0.138. The molecule has 0 bridgehead atoms. The lowest BCUT2D eigenvalue weighted by Gasteiger charge is -2.05. The van der Waals surface area contributed by atoms with Gasteiger partial charge in [0.2, 0.25) is 0 Å². The number of rotatable bonds is 4. The van der Waals surface area contributed by atoms with Gasteiger partial charge < -0.3 is 10.8 Å². The maximum atomic E-state index is 10.5. The fraction of sp³-hybridized carbons (Fsp3) is 0.444. The molecule has 0 aliphatic rings. The first-order chi connectivity index (χ1) is 6.15. The fourth-order valence-electron chi connectivity index (χ4n) is 1.15. The number of carboxylic acid groups (broad SMARTS) is 1. The van der Waals surface area contributed by atoms with Crippen molar-refractivity contribution in [2.45, 2.75) is 25.8 Å². The first kappa shape index (κ1) is 10.2. The summed E-state index contributed by atoms with van der Waals surface area (Å²) in [6, 6.07) is 1.25. The van der Waals surface area contributed by atoms with E-state index in [4.69, 9.17) is 10.8 Å². The van der Waals surface area contributed by atoms with E-state index in [1.165, 1.54) is 5.56 Å². The molecule has 13 heavy (non-hydrogen) atoms. The SMILES string of the molecule is CCc1ccsc1CC(N)C(=O)O. The average molecular weight is 199 g/mol. The van der Waals surface area contributed by atoms with Crippen LogP contribution in [0.25, 0.3) is 0 Å². The Labute approximate surface area is 81.2 Å². The Hall–Kier alpha value is -0.870. The summed E-state index contributed by atoms with van der Waals surface area (Å²) in [5.74, 6) is -0.935. The van der Waals surface area contributed by atoms with Crippen LogP contribution < -0.4 is 5.73 Å². The smallest absolute Gasteiger partial charge is 0.320 e. The highest BCUT2D eigenvalue weighted by atomic mass is 32.1. The van der Waals surface area contributed by atoms with Gasteiger partial charge in [-0.25, -0.2) is 0 Å². The standard InChI is InChI=1S/C9H13NO2S/c1-2-6-3-4-13-8(6)5-7(10)9(11)12/h3-4,7H,2,5,10H2,1H3,(H,11,12). The molecule has 1 atom stereocenters. The van der Waals surface area contributed by atoms with E-state index < -0.39 is 12.0 Å². The summed E-state index contributed by atoms with van der Waals surface area (Å²) in [4.78, 5) is 11.6. The summed E-state index contributed by atoms with van der Waals surface area (Å²) < 4.78 is 0. The van der Waals surface area contributed by atoms with Crippen LogP contribution in [0.3, 0.4) is 0 Å². The molecule has 3 N–H and O–H groups in total. The molecule has 1 aromatic heterocycles. The topological polar surface area (TPSA) is 63.3 Å². The highest BCUT2D eigenvalue weighted by Crippen LogP contribution is 2.18. The third-order valence-corrected chi connectivity index (χ3v) is 2.93. The minimum absolute atomic E-state index is 0.441. The zero-order valence-electron chi connectivity index (χ0n) is 7.49. The Morgan fingerprint density at radius 2 is 2.46 bits per heavy atom. The molecule has 1 heterocycles. The van der Waals surface area contributed by atoms with E-state index in [2.05, 4.69) is 6.92 Å². The van der Waals surface area contributed by atoms with E-state index >= 15 is 0 Å². The summed E-state index contributed by atoms with van der Waals surface area (Å²) >= 11 is 1.58. The van der Waals surface area contributed by atoms with Gasteiger partial charge in [-0.3, -0.25) is 4.79 Å². The number of hydrogen-bond donors (Lipinski definition) is 2. The molecule has 1 aromatic rings.